The predicted octanol–water partition coefficient (Wildman–Crippen LogP) is 7.71. The molecule has 2 aromatic carbocycles. The molecule has 0 saturated heterocycles. The summed E-state index contributed by atoms with van der Waals surface area (Å²) in [5, 5.41) is 0. The average molecular weight is 396 g/mol. The molecule has 0 saturated carbocycles. The smallest absolute Gasteiger partial charge is 0.136 e. The van der Waals surface area contributed by atoms with E-state index in [4.69, 9.17) is 18.8 Å². The highest BCUT2D eigenvalue weighted by atomic mass is 16.3. The first-order chi connectivity index (χ1) is 14.5. The van der Waals surface area contributed by atoms with Gasteiger partial charge in [-0.2, -0.15) is 0 Å². The minimum absolute atomic E-state index is 0.813. The Morgan fingerprint density at radius 1 is 0.567 bits per heavy atom. The molecular formula is C26H24N2O2. The van der Waals surface area contributed by atoms with E-state index in [-0.39, 0.29) is 0 Å². The molecule has 2 aromatic heterocycles. The van der Waals surface area contributed by atoms with E-state index in [1.165, 1.54) is 0 Å². The molecule has 4 heteroatoms. The second-order valence-corrected chi connectivity index (χ2v) is 7.25. The van der Waals surface area contributed by atoms with Gasteiger partial charge in [-0.05, 0) is 76.2 Å². The van der Waals surface area contributed by atoms with Crippen LogP contribution in [0, 0.1) is 13.8 Å². The van der Waals surface area contributed by atoms with E-state index >= 15 is 0 Å². The van der Waals surface area contributed by atoms with E-state index in [1.807, 2.05) is 100 Å². The second-order valence-electron chi connectivity index (χ2n) is 7.25. The van der Waals surface area contributed by atoms with Gasteiger partial charge < -0.3 is 8.83 Å². The van der Waals surface area contributed by atoms with Gasteiger partial charge in [-0.15, -0.1) is 0 Å². The Labute approximate surface area is 176 Å². The van der Waals surface area contributed by atoms with Crippen molar-refractivity contribution in [3.8, 4) is 22.6 Å². The maximum atomic E-state index is 5.80. The Hall–Kier alpha value is -3.66. The van der Waals surface area contributed by atoms with Crippen LogP contribution in [0.4, 0.5) is 11.4 Å². The van der Waals surface area contributed by atoms with Crippen molar-refractivity contribution in [3.05, 3.63) is 84.3 Å². The fraction of sp³-hybridized carbons (Fsp3) is 0.154. The first kappa shape index (κ1) is 19.6. The molecule has 150 valence electrons. The molecule has 30 heavy (non-hydrogen) atoms. The lowest BCUT2D eigenvalue weighted by Crippen LogP contribution is -2.04. The molecule has 0 radical (unpaired) electrons. The second kappa shape index (κ2) is 8.37. The topological polar surface area (TPSA) is 51.0 Å². The molecule has 4 aromatic rings. The van der Waals surface area contributed by atoms with Gasteiger partial charge >= 0.3 is 0 Å². The van der Waals surface area contributed by atoms with Gasteiger partial charge in [0.2, 0.25) is 0 Å². The first-order valence-electron chi connectivity index (χ1n) is 9.94. The first-order valence-corrected chi connectivity index (χ1v) is 9.94. The standard InChI is InChI=1S/C26H24N2O2/c1-17-13-15-25(29-17)21-9-5-7-11-23(21)27-19(3)20(4)28-24-12-8-6-10-22(24)26-16-14-18(2)30-26/h5-16H,1-4H3. The Balaban J connectivity index is 1.70. The molecule has 4 nitrogen and oxygen atoms in total. The average Bonchev–Trinajstić information content (AvgIpc) is 3.37. The van der Waals surface area contributed by atoms with Crippen molar-refractivity contribution >= 4 is 22.8 Å². The fourth-order valence-electron chi connectivity index (χ4n) is 3.24. The lowest BCUT2D eigenvalue weighted by molar-refractivity contribution is 0.548. The third kappa shape index (κ3) is 4.18. The van der Waals surface area contributed by atoms with Crippen LogP contribution in [-0.2, 0) is 0 Å². The van der Waals surface area contributed by atoms with Crippen molar-refractivity contribution in [2.75, 3.05) is 0 Å². The molecule has 0 bridgehead atoms. The molecule has 0 unspecified atom stereocenters. The summed E-state index contributed by atoms with van der Waals surface area (Å²) >= 11 is 0. The van der Waals surface area contributed by atoms with Gasteiger partial charge in [0, 0.05) is 11.1 Å². The van der Waals surface area contributed by atoms with Crippen molar-refractivity contribution in [2.45, 2.75) is 27.7 Å². The molecule has 0 aliphatic rings. The molecule has 0 aliphatic heterocycles. The molecule has 0 N–H and O–H groups in total. The van der Waals surface area contributed by atoms with Crippen molar-refractivity contribution in [2.24, 2.45) is 9.98 Å². The third-order valence-electron chi connectivity index (χ3n) is 4.92. The molecule has 2 heterocycles. The molecular weight excluding hydrogens is 372 g/mol. The molecule has 0 aliphatic carbocycles. The number of hydrogen-bond donors (Lipinski definition) is 0. The van der Waals surface area contributed by atoms with E-state index in [0.29, 0.717) is 0 Å². The maximum absolute atomic E-state index is 5.80. The van der Waals surface area contributed by atoms with Gasteiger partial charge in [0.1, 0.15) is 23.0 Å². The minimum atomic E-state index is 0.813. The zero-order valence-corrected chi connectivity index (χ0v) is 17.6. The number of rotatable bonds is 5. The summed E-state index contributed by atoms with van der Waals surface area (Å²) in [4.78, 5) is 9.70. The third-order valence-corrected chi connectivity index (χ3v) is 4.92. The summed E-state index contributed by atoms with van der Waals surface area (Å²) in [7, 11) is 0. The number of aliphatic imine (C=N–C) groups is 2. The van der Waals surface area contributed by atoms with E-state index in [0.717, 1.165) is 57.0 Å². The van der Waals surface area contributed by atoms with Crippen LogP contribution < -0.4 is 0 Å². The zero-order chi connectivity index (χ0) is 21.1. The Bertz CT molecular complexity index is 1140. The van der Waals surface area contributed by atoms with Gasteiger partial charge in [-0.3, -0.25) is 9.98 Å². The van der Waals surface area contributed by atoms with Crippen molar-refractivity contribution in [1.82, 2.24) is 0 Å². The van der Waals surface area contributed by atoms with E-state index in [1.54, 1.807) is 0 Å². The van der Waals surface area contributed by atoms with Gasteiger partial charge in [-0.25, -0.2) is 0 Å². The monoisotopic (exact) mass is 396 g/mol. The summed E-state index contributed by atoms with van der Waals surface area (Å²) in [6.07, 6.45) is 0. The zero-order valence-electron chi connectivity index (χ0n) is 17.6. The van der Waals surface area contributed by atoms with Gasteiger partial charge in [-0.1, -0.05) is 24.3 Å². The SMILES string of the molecule is CC(=Nc1ccccc1-c1ccc(C)o1)C(C)=Nc1ccccc1-c1ccc(C)o1. The quantitative estimate of drug-likeness (QED) is 0.324. The van der Waals surface area contributed by atoms with E-state index in [9.17, 15) is 0 Å². The largest absolute Gasteiger partial charge is 0.461 e. The number of para-hydroxylation sites is 2. The molecule has 0 atom stereocenters. The van der Waals surface area contributed by atoms with Crippen molar-refractivity contribution in [3.63, 3.8) is 0 Å². The summed E-state index contributed by atoms with van der Waals surface area (Å²) in [5.74, 6) is 3.38. The van der Waals surface area contributed by atoms with Crippen LogP contribution in [0.1, 0.15) is 25.4 Å². The molecule has 0 fully saturated rings. The Morgan fingerprint density at radius 2 is 0.967 bits per heavy atom. The minimum Gasteiger partial charge on any atom is -0.461 e. The van der Waals surface area contributed by atoms with Crippen LogP contribution in [0.25, 0.3) is 22.6 Å². The molecule has 4 rings (SSSR count). The van der Waals surface area contributed by atoms with Crippen LogP contribution >= 0.6 is 0 Å². The number of aryl methyl sites for hydroxylation is 2. The maximum Gasteiger partial charge on any atom is 0.136 e. The van der Waals surface area contributed by atoms with Crippen LogP contribution in [-0.4, -0.2) is 11.4 Å². The summed E-state index contributed by atoms with van der Waals surface area (Å²) in [5.41, 5.74) is 5.32. The summed E-state index contributed by atoms with van der Waals surface area (Å²) in [6.45, 7) is 7.83. The Morgan fingerprint density at radius 3 is 1.33 bits per heavy atom. The van der Waals surface area contributed by atoms with Crippen LogP contribution in [0.5, 0.6) is 0 Å². The van der Waals surface area contributed by atoms with Gasteiger partial charge in [0.15, 0.2) is 0 Å². The van der Waals surface area contributed by atoms with Crippen molar-refractivity contribution < 1.29 is 8.83 Å². The number of nitrogens with zero attached hydrogens (tertiary/aromatic N) is 2. The highest BCUT2D eigenvalue weighted by Crippen LogP contribution is 2.33. The number of furan rings is 2. The fourth-order valence-corrected chi connectivity index (χ4v) is 3.24. The number of benzene rings is 2. The Kier molecular flexibility index (Phi) is 5.48. The predicted molar refractivity (Wildman–Crippen MR) is 123 cm³/mol. The number of hydrogen-bond acceptors (Lipinski definition) is 4. The summed E-state index contributed by atoms with van der Waals surface area (Å²) < 4.78 is 11.6. The van der Waals surface area contributed by atoms with Crippen LogP contribution in [0.2, 0.25) is 0 Å². The van der Waals surface area contributed by atoms with Crippen LogP contribution in [0.15, 0.2) is 91.6 Å². The summed E-state index contributed by atoms with van der Waals surface area (Å²) in [6, 6.07) is 23.8. The lowest BCUT2D eigenvalue weighted by Gasteiger charge is -2.07. The van der Waals surface area contributed by atoms with E-state index in [2.05, 4.69) is 0 Å². The highest BCUT2D eigenvalue weighted by Gasteiger charge is 2.11. The normalized spacial score (nSPS) is 12.4. The van der Waals surface area contributed by atoms with E-state index < -0.39 is 0 Å². The molecule has 0 spiro atoms. The van der Waals surface area contributed by atoms with Crippen molar-refractivity contribution in [1.29, 1.82) is 0 Å². The molecule has 0 amide bonds. The van der Waals surface area contributed by atoms with Crippen LogP contribution in [0.3, 0.4) is 0 Å². The lowest BCUT2D eigenvalue weighted by atomic mass is 10.1. The van der Waals surface area contributed by atoms with Gasteiger partial charge in [0.25, 0.3) is 0 Å². The highest BCUT2D eigenvalue weighted by molar-refractivity contribution is 6.41. The van der Waals surface area contributed by atoms with Gasteiger partial charge in [0.05, 0.1) is 22.8 Å².